The number of hydrogen-bond donors (Lipinski definition) is 0. The number of nitrogens with zero attached hydrogens (tertiary/aromatic N) is 2. The van der Waals surface area contributed by atoms with Gasteiger partial charge in [-0.15, -0.1) is 0 Å². The van der Waals surface area contributed by atoms with Crippen LogP contribution in [0.5, 0.6) is 0 Å². The third-order valence-corrected chi connectivity index (χ3v) is 4.47. The van der Waals surface area contributed by atoms with Gasteiger partial charge >= 0.3 is 0 Å². The predicted octanol–water partition coefficient (Wildman–Crippen LogP) is 3.10. The lowest BCUT2D eigenvalue weighted by Crippen LogP contribution is -2.52. The summed E-state index contributed by atoms with van der Waals surface area (Å²) in [5.74, 6) is -0.104. The number of piperazine rings is 1. The van der Waals surface area contributed by atoms with Gasteiger partial charge in [0.2, 0.25) is 5.91 Å². The highest BCUT2D eigenvalue weighted by atomic mass is 16.2. The molecule has 1 fully saturated rings. The Morgan fingerprint density at radius 1 is 0.917 bits per heavy atom. The van der Waals surface area contributed by atoms with Gasteiger partial charge in [0.05, 0.1) is 0 Å². The van der Waals surface area contributed by atoms with Crippen LogP contribution in [0.15, 0.2) is 42.5 Å². The average molecular weight is 322 g/mol. The van der Waals surface area contributed by atoms with Crippen LogP contribution in [0.1, 0.15) is 27.0 Å². The van der Waals surface area contributed by atoms with E-state index in [1.165, 1.54) is 0 Å². The Labute approximate surface area is 142 Å². The van der Waals surface area contributed by atoms with Crippen LogP contribution in [-0.2, 0) is 4.79 Å². The van der Waals surface area contributed by atoms with Gasteiger partial charge in [-0.05, 0) is 44.5 Å². The van der Waals surface area contributed by atoms with Crippen molar-refractivity contribution in [2.75, 3.05) is 24.5 Å². The van der Waals surface area contributed by atoms with E-state index in [0.29, 0.717) is 18.7 Å². The molecule has 2 amide bonds. The first-order valence-corrected chi connectivity index (χ1v) is 8.19. The number of hydrogen-bond acceptors (Lipinski definition) is 2. The van der Waals surface area contributed by atoms with Crippen molar-refractivity contribution in [1.29, 1.82) is 0 Å². The van der Waals surface area contributed by atoms with Gasteiger partial charge in [-0.3, -0.25) is 9.59 Å². The van der Waals surface area contributed by atoms with E-state index in [1.807, 2.05) is 63.2 Å². The minimum Gasteiger partial charge on any atom is -0.328 e. The SMILES string of the molecule is Cc1ccc(N2CCN(C(=O)c3ccc(C)cc3C)CC2=O)cc1. The van der Waals surface area contributed by atoms with Crippen molar-refractivity contribution in [2.45, 2.75) is 20.8 Å². The van der Waals surface area contributed by atoms with Gasteiger partial charge in [-0.1, -0.05) is 35.4 Å². The molecule has 0 aromatic heterocycles. The summed E-state index contributed by atoms with van der Waals surface area (Å²) in [5, 5.41) is 0. The molecule has 1 aliphatic heterocycles. The minimum absolute atomic E-state index is 0.0387. The van der Waals surface area contributed by atoms with Crippen molar-refractivity contribution in [3.05, 3.63) is 64.7 Å². The summed E-state index contributed by atoms with van der Waals surface area (Å²) in [5.41, 5.74) is 4.81. The van der Waals surface area contributed by atoms with E-state index in [2.05, 4.69) is 0 Å². The molecule has 0 unspecified atom stereocenters. The van der Waals surface area contributed by atoms with Crippen LogP contribution >= 0.6 is 0 Å². The maximum Gasteiger partial charge on any atom is 0.254 e. The van der Waals surface area contributed by atoms with E-state index >= 15 is 0 Å². The Hall–Kier alpha value is -2.62. The summed E-state index contributed by atoms with van der Waals surface area (Å²) < 4.78 is 0. The summed E-state index contributed by atoms with van der Waals surface area (Å²) in [6, 6.07) is 13.7. The second kappa shape index (κ2) is 6.48. The highest BCUT2D eigenvalue weighted by molar-refractivity contribution is 6.02. The van der Waals surface area contributed by atoms with Crippen LogP contribution in [0, 0.1) is 20.8 Å². The number of benzene rings is 2. The average Bonchev–Trinajstić information content (AvgIpc) is 2.55. The lowest BCUT2D eigenvalue weighted by molar-refractivity contribution is -0.120. The zero-order chi connectivity index (χ0) is 17.3. The standard InChI is InChI=1S/C20H22N2O2/c1-14-4-7-17(8-5-14)22-11-10-21(13-19(22)23)20(24)18-9-6-15(2)12-16(18)3/h4-9,12H,10-11,13H2,1-3H3. The van der Waals surface area contributed by atoms with E-state index in [9.17, 15) is 9.59 Å². The molecule has 0 atom stereocenters. The first-order chi connectivity index (χ1) is 11.5. The summed E-state index contributed by atoms with van der Waals surface area (Å²) >= 11 is 0. The van der Waals surface area contributed by atoms with Gasteiger partial charge in [0.1, 0.15) is 6.54 Å². The lowest BCUT2D eigenvalue weighted by atomic mass is 10.0. The number of anilines is 1. The van der Waals surface area contributed by atoms with Crippen LogP contribution in [0.3, 0.4) is 0 Å². The molecule has 1 saturated heterocycles. The molecule has 1 heterocycles. The maximum atomic E-state index is 12.7. The zero-order valence-electron chi connectivity index (χ0n) is 14.4. The molecule has 4 heteroatoms. The fourth-order valence-corrected chi connectivity index (χ4v) is 3.07. The summed E-state index contributed by atoms with van der Waals surface area (Å²) in [4.78, 5) is 28.6. The predicted molar refractivity (Wildman–Crippen MR) is 95.4 cm³/mol. The van der Waals surface area contributed by atoms with E-state index in [-0.39, 0.29) is 18.4 Å². The van der Waals surface area contributed by atoms with E-state index in [0.717, 1.165) is 22.4 Å². The minimum atomic E-state index is -0.0654. The quantitative estimate of drug-likeness (QED) is 0.852. The molecule has 2 aromatic rings. The lowest BCUT2D eigenvalue weighted by Gasteiger charge is -2.34. The summed E-state index contributed by atoms with van der Waals surface area (Å²) in [6.45, 7) is 7.16. The number of amides is 2. The van der Waals surface area contributed by atoms with E-state index < -0.39 is 0 Å². The highest BCUT2D eigenvalue weighted by Gasteiger charge is 2.29. The Bertz CT molecular complexity index is 781. The van der Waals surface area contributed by atoms with Gasteiger partial charge < -0.3 is 9.80 Å². The molecular formula is C20H22N2O2. The van der Waals surface area contributed by atoms with Crippen LogP contribution in [0.25, 0.3) is 0 Å². The highest BCUT2D eigenvalue weighted by Crippen LogP contribution is 2.20. The molecule has 24 heavy (non-hydrogen) atoms. The van der Waals surface area contributed by atoms with E-state index in [4.69, 9.17) is 0 Å². The van der Waals surface area contributed by atoms with Crippen molar-refractivity contribution in [2.24, 2.45) is 0 Å². The summed E-state index contributed by atoms with van der Waals surface area (Å²) in [6.07, 6.45) is 0. The molecule has 0 N–H and O–H groups in total. The molecule has 0 aliphatic carbocycles. The van der Waals surface area contributed by atoms with Crippen molar-refractivity contribution in [1.82, 2.24) is 4.90 Å². The summed E-state index contributed by atoms with van der Waals surface area (Å²) in [7, 11) is 0. The Morgan fingerprint density at radius 2 is 1.58 bits per heavy atom. The van der Waals surface area contributed by atoms with Gasteiger partial charge in [0.25, 0.3) is 5.91 Å². The molecule has 2 aromatic carbocycles. The van der Waals surface area contributed by atoms with Gasteiger partial charge in [-0.2, -0.15) is 0 Å². The number of carbonyl (C=O) groups excluding carboxylic acids is 2. The van der Waals surface area contributed by atoms with Crippen molar-refractivity contribution in [3.63, 3.8) is 0 Å². The Kier molecular flexibility index (Phi) is 4.38. The molecule has 124 valence electrons. The number of carbonyl (C=O) groups is 2. The Morgan fingerprint density at radius 3 is 2.21 bits per heavy atom. The van der Waals surface area contributed by atoms with Gasteiger partial charge in [0.15, 0.2) is 0 Å². The van der Waals surface area contributed by atoms with Crippen LogP contribution in [0.2, 0.25) is 0 Å². The normalized spacial score (nSPS) is 14.9. The van der Waals surface area contributed by atoms with Gasteiger partial charge in [-0.25, -0.2) is 0 Å². The van der Waals surface area contributed by atoms with Crippen LogP contribution in [-0.4, -0.2) is 36.3 Å². The third kappa shape index (κ3) is 3.18. The molecule has 0 bridgehead atoms. The van der Waals surface area contributed by atoms with Crippen molar-refractivity contribution in [3.8, 4) is 0 Å². The second-order valence-corrected chi connectivity index (χ2v) is 6.43. The largest absolute Gasteiger partial charge is 0.328 e. The monoisotopic (exact) mass is 322 g/mol. The first kappa shape index (κ1) is 16.2. The van der Waals surface area contributed by atoms with Crippen molar-refractivity contribution >= 4 is 17.5 Å². The van der Waals surface area contributed by atoms with Crippen molar-refractivity contribution < 1.29 is 9.59 Å². The molecule has 0 spiro atoms. The fraction of sp³-hybridized carbons (Fsp3) is 0.300. The molecule has 4 nitrogen and oxygen atoms in total. The second-order valence-electron chi connectivity index (χ2n) is 6.43. The van der Waals surface area contributed by atoms with Crippen LogP contribution in [0.4, 0.5) is 5.69 Å². The fourth-order valence-electron chi connectivity index (χ4n) is 3.07. The van der Waals surface area contributed by atoms with Crippen LogP contribution < -0.4 is 4.90 Å². The first-order valence-electron chi connectivity index (χ1n) is 8.19. The van der Waals surface area contributed by atoms with Gasteiger partial charge in [0, 0.05) is 24.3 Å². The molecular weight excluding hydrogens is 300 g/mol. The maximum absolute atomic E-state index is 12.7. The smallest absolute Gasteiger partial charge is 0.254 e. The topological polar surface area (TPSA) is 40.6 Å². The zero-order valence-corrected chi connectivity index (χ0v) is 14.4. The Balaban J connectivity index is 1.74. The molecule has 1 aliphatic rings. The molecule has 3 rings (SSSR count). The number of rotatable bonds is 2. The molecule has 0 saturated carbocycles. The number of aryl methyl sites for hydroxylation is 3. The third-order valence-electron chi connectivity index (χ3n) is 4.47. The van der Waals surface area contributed by atoms with E-state index in [1.54, 1.807) is 9.80 Å². The molecule has 0 radical (unpaired) electrons.